The third-order valence-electron chi connectivity index (χ3n) is 3.25. The van der Waals surface area contributed by atoms with Crippen molar-refractivity contribution in [3.63, 3.8) is 0 Å². The van der Waals surface area contributed by atoms with E-state index in [0.29, 0.717) is 5.75 Å². The lowest BCUT2D eigenvalue weighted by Gasteiger charge is -2.25. The van der Waals surface area contributed by atoms with Gasteiger partial charge in [0.2, 0.25) is 0 Å². The summed E-state index contributed by atoms with van der Waals surface area (Å²) in [6, 6.07) is 10.1. The molecule has 1 heterocycles. The predicted octanol–water partition coefficient (Wildman–Crippen LogP) is 2.42. The number of nitrogens with zero attached hydrogens (tertiary/aromatic N) is 1. The lowest BCUT2D eigenvalue weighted by molar-refractivity contribution is 0.241. The number of likely N-dealkylation sites (tertiary alicyclic amines) is 1. The van der Waals surface area contributed by atoms with Gasteiger partial charge in [-0.05, 0) is 31.5 Å². The zero-order chi connectivity index (χ0) is 11.9. The first-order chi connectivity index (χ1) is 8.34. The monoisotopic (exact) mass is 251 g/mol. The smallest absolute Gasteiger partial charge is 0.0486 e. The quantitative estimate of drug-likeness (QED) is 0.801. The van der Waals surface area contributed by atoms with Gasteiger partial charge in [0.05, 0.1) is 0 Å². The van der Waals surface area contributed by atoms with E-state index in [9.17, 15) is 4.21 Å². The van der Waals surface area contributed by atoms with Gasteiger partial charge < -0.3 is 4.90 Å². The summed E-state index contributed by atoms with van der Waals surface area (Å²) < 4.78 is 11.9. The summed E-state index contributed by atoms with van der Waals surface area (Å²) in [5.41, 5.74) is 1.18. The molecule has 1 aromatic rings. The molecule has 94 valence electrons. The molecule has 0 radical (unpaired) electrons. The molecule has 1 aromatic carbocycles. The minimum absolute atomic E-state index is 0.703. The summed E-state index contributed by atoms with van der Waals surface area (Å²) in [7, 11) is -0.714. The molecule has 0 spiro atoms. The van der Waals surface area contributed by atoms with Gasteiger partial charge >= 0.3 is 0 Å². The standard InChI is InChI=1S/C14H21NOS/c16-17(13-14-7-3-1-4-8-14)12-11-15-9-5-2-6-10-15/h1,3-4,7-8H,2,5-6,9-13H2. The van der Waals surface area contributed by atoms with Crippen molar-refractivity contribution in [3.8, 4) is 0 Å². The minimum Gasteiger partial charge on any atom is -0.302 e. The van der Waals surface area contributed by atoms with Crippen LogP contribution in [0.25, 0.3) is 0 Å². The van der Waals surface area contributed by atoms with Crippen molar-refractivity contribution in [1.82, 2.24) is 4.90 Å². The minimum atomic E-state index is -0.714. The van der Waals surface area contributed by atoms with E-state index >= 15 is 0 Å². The average Bonchev–Trinajstić information content (AvgIpc) is 2.39. The van der Waals surface area contributed by atoms with Crippen LogP contribution in [0.15, 0.2) is 30.3 Å². The fourth-order valence-electron chi connectivity index (χ4n) is 2.25. The van der Waals surface area contributed by atoms with Crippen LogP contribution in [0.5, 0.6) is 0 Å². The van der Waals surface area contributed by atoms with Gasteiger partial charge in [-0.15, -0.1) is 0 Å². The van der Waals surface area contributed by atoms with Gasteiger partial charge in [0.1, 0.15) is 0 Å². The van der Waals surface area contributed by atoms with Crippen LogP contribution < -0.4 is 0 Å². The molecule has 0 bridgehead atoms. The SMILES string of the molecule is O=S(CCN1CCCCC1)Cc1ccccc1. The van der Waals surface area contributed by atoms with Crippen molar-refractivity contribution < 1.29 is 4.21 Å². The van der Waals surface area contributed by atoms with Crippen LogP contribution in [-0.4, -0.2) is 34.5 Å². The Morgan fingerprint density at radius 1 is 1.06 bits per heavy atom. The van der Waals surface area contributed by atoms with Crippen LogP contribution in [0.1, 0.15) is 24.8 Å². The Morgan fingerprint density at radius 2 is 1.76 bits per heavy atom. The molecule has 0 amide bonds. The molecular weight excluding hydrogens is 230 g/mol. The predicted molar refractivity (Wildman–Crippen MR) is 73.4 cm³/mol. The normalized spacial score (nSPS) is 19.1. The molecule has 1 unspecified atom stereocenters. The highest BCUT2D eigenvalue weighted by atomic mass is 32.2. The lowest BCUT2D eigenvalue weighted by Crippen LogP contribution is -2.33. The van der Waals surface area contributed by atoms with Crippen molar-refractivity contribution >= 4 is 10.8 Å². The summed E-state index contributed by atoms with van der Waals surface area (Å²) in [5, 5.41) is 0. The van der Waals surface area contributed by atoms with Crippen LogP contribution in [0.3, 0.4) is 0 Å². The summed E-state index contributed by atoms with van der Waals surface area (Å²) in [6.07, 6.45) is 3.99. The van der Waals surface area contributed by atoms with E-state index in [4.69, 9.17) is 0 Å². The zero-order valence-corrected chi connectivity index (χ0v) is 11.1. The summed E-state index contributed by atoms with van der Waals surface area (Å²) in [4.78, 5) is 2.45. The van der Waals surface area contributed by atoms with Crippen molar-refractivity contribution in [1.29, 1.82) is 0 Å². The van der Waals surface area contributed by atoms with Crippen molar-refractivity contribution in [2.24, 2.45) is 0 Å². The van der Waals surface area contributed by atoms with Crippen molar-refractivity contribution in [2.45, 2.75) is 25.0 Å². The Kier molecular flexibility index (Phi) is 5.20. The maximum absolute atomic E-state index is 11.9. The Labute approximate surface area is 106 Å². The number of rotatable bonds is 5. The Hall–Kier alpha value is -0.670. The summed E-state index contributed by atoms with van der Waals surface area (Å²) in [5.74, 6) is 1.52. The molecular formula is C14H21NOS. The fraction of sp³-hybridized carbons (Fsp3) is 0.571. The van der Waals surface area contributed by atoms with E-state index < -0.39 is 10.8 Å². The molecule has 1 aliphatic heterocycles. The van der Waals surface area contributed by atoms with E-state index in [1.54, 1.807) is 0 Å². The second-order valence-electron chi connectivity index (χ2n) is 4.68. The molecule has 0 N–H and O–H groups in total. The maximum Gasteiger partial charge on any atom is 0.0486 e. The van der Waals surface area contributed by atoms with Crippen LogP contribution in [-0.2, 0) is 16.6 Å². The van der Waals surface area contributed by atoms with E-state index in [0.717, 1.165) is 12.3 Å². The van der Waals surface area contributed by atoms with Gasteiger partial charge in [-0.1, -0.05) is 36.8 Å². The van der Waals surface area contributed by atoms with Crippen LogP contribution in [0.2, 0.25) is 0 Å². The number of hydrogen-bond acceptors (Lipinski definition) is 2. The first-order valence-corrected chi connectivity index (χ1v) is 7.94. The van der Waals surface area contributed by atoms with Crippen LogP contribution in [0, 0.1) is 0 Å². The largest absolute Gasteiger partial charge is 0.302 e. The van der Waals surface area contributed by atoms with E-state index in [2.05, 4.69) is 17.0 Å². The number of benzene rings is 1. The topological polar surface area (TPSA) is 20.3 Å². The highest BCUT2D eigenvalue weighted by Crippen LogP contribution is 2.09. The van der Waals surface area contributed by atoms with Crippen molar-refractivity contribution in [3.05, 3.63) is 35.9 Å². The Bertz CT molecular complexity index is 346. The van der Waals surface area contributed by atoms with E-state index in [-0.39, 0.29) is 0 Å². The third-order valence-corrected chi connectivity index (χ3v) is 4.55. The van der Waals surface area contributed by atoms with Gasteiger partial charge in [-0.2, -0.15) is 0 Å². The van der Waals surface area contributed by atoms with Gasteiger partial charge in [-0.3, -0.25) is 4.21 Å². The van der Waals surface area contributed by atoms with Crippen LogP contribution in [0.4, 0.5) is 0 Å². The molecule has 17 heavy (non-hydrogen) atoms. The molecule has 0 aliphatic carbocycles. The fourth-order valence-corrected chi connectivity index (χ4v) is 3.42. The maximum atomic E-state index is 11.9. The highest BCUT2D eigenvalue weighted by Gasteiger charge is 2.11. The van der Waals surface area contributed by atoms with Gasteiger partial charge in [0.25, 0.3) is 0 Å². The number of hydrogen-bond donors (Lipinski definition) is 0. The first-order valence-electron chi connectivity index (χ1n) is 6.46. The van der Waals surface area contributed by atoms with E-state index in [1.807, 2.05) is 18.2 Å². The molecule has 2 nitrogen and oxygen atoms in total. The number of piperidine rings is 1. The molecule has 0 aromatic heterocycles. The van der Waals surface area contributed by atoms with Crippen molar-refractivity contribution in [2.75, 3.05) is 25.4 Å². The Balaban J connectivity index is 1.70. The van der Waals surface area contributed by atoms with Gasteiger partial charge in [0, 0.05) is 28.9 Å². The summed E-state index contributed by atoms with van der Waals surface area (Å²) >= 11 is 0. The molecule has 1 saturated heterocycles. The Morgan fingerprint density at radius 3 is 2.47 bits per heavy atom. The molecule has 1 fully saturated rings. The first kappa shape index (κ1) is 12.8. The molecule has 1 atom stereocenters. The third kappa shape index (κ3) is 4.60. The van der Waals surface area contributed by atoms with Gasteiger partial charge in [-0.25, -0.2) is 0 Å². The average molecular weight is 251 g/mol. The highest BCUT2D eigenvalue weighted by molar-refractivity contribution is 7.84. The zero-order valence-electron chi connectivity index (χ0n) is 10.3. The second-order valence-corrected chi connectivity index (χ2v) is 6.25. The lowest BCUT2D eigenvalue weighted by atomic mass is 10.1. The second kappa shape index (κ2) is 6.92. The molecule has 2 rings (SSSR count). The van der Waals surface area contributed by atoms with Crippen LogP contribution >= 0.6 is 0 Å². The van der Waals surface area contributed by atoms with Gasteiger partial charge in [0.15, 0.2) is 0 Å². The summed E-state index contributed by atoms with van der Waals surface area (Å²) in [6.45, 7) is 3.39. The van der Waals surface area contributed by atoms with E-state index in [1.165, 1.54) is 37.9 Å². The molecule has 0 saturated carbocycles. The molecule has 3 heteroatoms. The molecule has 1 aliphatic rings.